The van der Waals surface area contributed by atoms with Crippen molar-refractivity contribution in [3.05, 3.63) is 0 Å². The summed E-state index contributed by atoms with van der Waals surface area (Å²) in [6, 6.07) is 0.597. The van der Waals surface area contributed by atoms with Gasteiger partial charge in [-0.1, -0.05) is 13.3 Å². The topological polar surface area (TPSA) is 21.3 Å². The smallest absolute Gasteiger partial charge is 0.0626 e. The zero-order chi connectivity index (χ0) is 9.73. The van der Waals surface area contributed by atoms with Crippen molar-refractivity contribution in [1.29, 1.82) is 0 Å². The van der Waals surface area contributed by atoms with Crippen molar-refractivity contribution < 1.29 is 4.74 Å². The van der Waals surface area contributed by atoms with Gasteiger partial charge in [-0.2, -0.15) is 0 Å². The molecule has 1 heterocycles. The van der Waals surface area contributed by atoms with Crippen LogP contribution in [-0.2, 0) is 4.74 Å². The van der Waals surface area contributed by atoms with Crippen LogP contribution in [0.3, 0.4) is 0 Å². The lowest BCUT2D eigenvalue weighted by Crippen LogP contribution is -2.40. The average Bonchev–Trinajstić information content (AvgIpc) is 2.17. The van der Waals surface area contributed by atoms with E-state index in [1.54, 1.807) is 0 Å². The van der Waals surface area contributed by atoms with Gasteiger partial charge in [0.2, 0.25) is 0 Å². The zero-order valence-corrected chi connectivity index (χ0v) is 9.23. The molecule has 1 fully saturated rings. The Balaban J connectivity index is 2.17. The van der Waals surface area contributed by atoms with E-state index in [1.165, 1.54) is 25.8 Å². The Morgan fingerprint density at radius 2 is 2.15 bits per heavy atom. The highest BCUT2D eigenvalue weighted by Crippen LogP contribution is 2.15. The van der Waals surface area contributed by atoms with Crippen LogP contribution in [0.1, 0.15) is 46.5 Å². The lowest BCUT2D eigenvalue weighted by Gasteiger charge is -2.29. The molecule has 0 bridgehead atoms. The highest BCUT2D eigenvalue weighted by molar-refractivity contribution is 4.74. The normalized spacial score (nSPS) is 24.7. The van der Waals surface area contributed by atoms with Crippen molar-refractivity contribution in [3.8, 4) is 0 Å². The molecule has 0 aromatic carbocycles. The SMILES string of the molecule is CCC(C)(C)OCC1CCCCN1. The second kappa shape index (κ2) is 4.97. The molecule has 78 valence electrons. The van der Waals surface area contributed by atoms with Crippen LogP contribution >= 0.6 is 0 Å². The summed E-state index contributed by atoms with van der Waals surface area (Å²) in [6.45, 7) is 8.54. The Morgan fingerprint density at radius 3 is 2.69 bits per heavy atom. The van der Waals surface area contributed by atoms with Crippen molar-refractivity contribution in [2.75, 3.05) is 13.2 Å². The first-order chi connectivity index (χ1) is 6.14. The molecule has 0 spiro atoms. The highest BCUT2D eigenvalue weighted by Gasteiger charge is 2.19. The first-order valence-electron chi connectivity index (χ1n) is 5.51. The van der Waals surface area contributed by atoms with Crippen LogP contribution < -0.4 is 5.32 Å². The van der Waals surface area contributed by atoms with Crippen molar-refractivity contribution in [2.45, 2.75) is 58.1 Å². The minimum Gasteiger partial charge on any atom is -0.374 e. The molecule has 1 atom stereocenters. The number of rotatable bonds is 4. The summed E-state index contributed by atoms with van der Waals surface area (Å²) >= 11 is 0. The maximum absolute atomic E-state index is 5.86. The van der Waals surface area contributed by atoms with Gasteiger partial charge in [-0.25, -0.2) is 0 Å². The summed E-state index contributed by atoms with van der Waals surface area (Å²) < 4.78 is 5.86. The van der Waals surface area contributed by atoms with Crippen LogP contribution in [0, 0.1) is 0 Å². The fourth-order valence-corrected chi connectivity index (χ4v) is 1.49. The van der Waals surface area contributed by atoms with E-state index in [-0.39, 0.29) is 5.60 Å². The lowest BCUT2D eigenvalue weighted by atomic mass is 10.0. The fourth-order valence-electron chi connectivity index (χ4n) is 1.49. The summed E-state index contributed by atoms with van der Waals surface area (Å²) in [5, 5.41) is 3.49. The number of nitrogens with one attached hydrogen (secondary N) is 1. The van der Waals surface area contributed by atoms with Gasteiger partial charge in [0.1, 0.15) is 0 Å². The molecule has 1 rings (SSSR count). The first-order valence-corrected chi connectivity index (χ1v) is 5.51. The second-order valence-electron chi connectivity index (χ2n) is 4.57. The molecular formula is C11H23NO. The van der Waals surface area contributed by atoms with E-state index in [9.17, 15) is 0 Å². The molecule has 2 heteroatoms. The predicted octanol–water partition coefficient (Wildman–Crippen LogP) is 2.33. The van der Waals surface area contributed by atoms with Gasteiger partial charge in [-0.05, 0) is 39.7 Å². The van der Waals surface area contributed by atoms with Crippen LogP contribution in [0.4, 0.5) is 0 Å². The van der Waals surface area contributed by atoms with E-state index in [0.717, 1.165) is 13.0 Å². The number of ether oxygens (including phenoxy) is 1. The molecule has 0 aromatic heterocycles. The Labute approximate surface area is 82.0 Å². The molecule has 0 radical (unpaired) electrons. The number of piperidine rings is 1. The van der Waals surface area contributed by atoms with E-state index < -0.39 is 0 Å². The van der Waals surface area contributed by atoms with Crippen molar-refractivity contribution in [2.24, 2.45) is 0 Å². The Bertz CT molecular complexity index is 139. The molecule has 2 nitrogen and oxygen atoms in total. The first kappa shape index (κ1) is 11.0. The lowest BCUT2D eigenvalue weighted by molar-refractivity contribution is -0.0330. The molecule has 1 aliphatic heterocycles. The monoisotopic (exact) mass is 185 g/mol. The van der Waals surface area contributed by atoms with Crippen molar-refractivity contribution >= 4 is 0 Å². The Hall–Kier alpha value is -0.0800. The molecule has 1 saturated heterocycles. The van der Waals surface area contributed by atoms with Crippen LogP contribution in [0.5, 0.6) is 0 Å². The van der Waals surface area contributed by atoms with Gasteiger partial charge in [-0.3, -0.25) is 0 Å². The van der Waals surface area contributed by atoms with E-state index in [2.05, 4.69) is 26.1 Å². The second-order valence-corrected chi connectivity index (χ2v) is 4.57. The van der Waals surface area contributed by atoms with Gasteiger partial charge in [0.05, 0.1) is 12.2 Å². The Morgan fingerprint density at radius 1 is 1.38 bits per heavy atom. The molecule has 1 unspecified atom stereocenters. The minimum absolute atomic E-state index is 0.0547. The van der Waals surface area contributed by atoms with Gasteiger partial charge in [0.25, 0.3) is 0 Å². The van der Waals surface area contributed by atoms with E-state index in [4.69, 9.17) is 4.74 Å². The van der Waals surface area contributed by atoms with Gasteiger partial charge >= 0.3 is 0 Å². The van der Waals surface area contributed by atoms with Crippen LogP contribution in [-0.4, -0.2) is 24.8 Å². The van der Waals surface area contributed by atoms with Gasteiger partial charge in [-0.15, -0.1) is 0 Å². The maximum Gasteiger partial charge on any atom is 0.0626 e. The molecule has 0 saturated carbocycles. The molecule has 13 heavy (non-hydrogen) atoms. The third-order valence-corrected chi connectivity index (χ3v) is 2.94. The summed E-state index contributed by atoms with van der Waals surface area (Å²) in [5.41, 5.74) is 0.0547. The Kier molecular flexibility index (Phi) is 4.20. The molecule has 1 N–H and O–H groups in total. The summed E-state index contributed by atoms with van der Waals surface area (Å²) in [4.78, 5) is 0. The largest absolute Gasteiger partial charge is 0.374 e. The van der Waals surface area contributed by atoms with Gasteiger partial charge in [0, 0.05) is 6.04 Å². The summed E-state index contributed by atoms with van der Waals surface area (Å²) in [7, 11) is 0. The number of hydrogen-bond donors (Lipinski definition) is 1. The van der Waals surface area contributed by atoms with Crippen LogP contribution in [0.2, 0.25) is 0 Å². The third-order valence-electron chi connectivity index (χ3n) is 2.94. The molecule has 0 amide bonds. The standard InChI is InChI=1S/C11H23NO/c1-4-11(2,3)13-9-10-7-5-6-8-12-10/h10,12H,4-9H2,1-3H3. The number of hydrogen-bond acceptors (Lipinski definition) is 2. The van der Waals surface area contributed by atoms with E-state index >= 15 is 0 Å². The zero-order valence-electron chi connectivity index (χ0n) is 9.23. The molecule has 0 aromatic rings. The summed E-state index contributed by atoms with van der Waals surface area (Å²) in [6.07, 6.45) is 5.04. The summed E-state index contributed by atoms with van der Waals surface area (Å²) in [5.74, 6) is 0. The quantitative estimate of drug-likeness (QED) is 0.726. The highest BCUT2D eigenvalue weighted by atomic mass is 16.5. The van der Waals surface area contributed by atoms with Crippen molar-refractivity contribution in [3.63, 3.8) is 0 Å². The fraction of sp³-hybridized carbons (Fsp3) is 1.00. The molecular weight excluding hydrogens is 162 g/mol. The van der Waals surface area contributed by atoms with Crippen LogP contribution in [0.25, 0.3) is 0 Å². The average molecular weight is 185 g/mol. The third kappa shape index (κ3) is 4.10. The molecule has 0 aliphatic carbocycles. The van der Waals surface area contributed by atoms with E-state index in [0.29, 0.717) is 6.04 Å². The van der Waals surface area contributed by atoms with Crippen molar-refractivity contribution in [1.82, 2.24) is 5.32 Å². The van der Waals surface area contributed by atoms with E-state index in [1.807, 2.05) is 0 Å². The minimum atomic E-state index is 0.0547. The van der Waals surface area contributed by atoms with Gasteiger partial charge < -0.3 is 10.1 Å². The van der Waals surface area contributed by atoms with Gasteiger partial charge in [0.15, 0.2) is 0 Å². The van der Waals surface area contributed by atoms with Crippen LogP contribution in [0.15, 0.2) is 0 Å². The maximum atomic E-state index is 5.86. The molecule has 1 aliphatic rings. The predicted molar refractivity (Wildman–Crippen MR) is 56.0 cm³/mol.